The van der Waals surface area contributed by atoms with Crippen LogP contribution in [0.2, 0.25) is 0 Å². The van der Waals surface area contributed by atoms with Crippen molar-refractivity contribution in [1.29, 1.82) is 0 Å². The number of nitrogens with one attached hydrogen (secondary N) is 1. The van der Waals surface area contributed by atoms with E-state index < -0.39 is 10.0 Å². The summed E-state index contributed by atoms with van der Waals surface area (Å²) in [4.78, 5) is 12.6. The van der Waals surface area contributed by atoms with E-state index in [-0.39, 0.29) is 16.8 Å². The Morgan fingerprint density at radius 1 is 1.07 bits per heavy atom. The predicted octanol–water partition coefficient (Wildman–Crippen LogP) is 3.72. The highest BCUT2D eigenvalue weighted by Gasteiger charge is 2.30. The second kappa shape index (κ2) is 10.4. The molecule has 7 heteroatoms. The number of carbonyl (C=O) groups excluding carboxylic acids is 1. The molecule has 0 spiro atoms. The van der Waals surface area contributed by atoms with Crippen LogP contribution in [0.15, 0.2) is 29.2 Å². The van der Waals surface area contributed by atoms with Crippen molar-refractivity contribution in [2.24, 2.45) is 5.92 Å². The molecule has 162 valence electrons. The molecule has 0 radical (unpaired) electrons. The van der Waals surface area contributed by atoms with Crippen molar-refractivity contribution in [3.63, 3.8) is 0 Å². The van der Waals surface area contributed by atoms with E-state index in [2.05, 4.69) is 5.32 Å². The first-order valence-corrected chi connectivity index (χ1v) is 12.5. The van der Waals surface area contributed by atoms with Crippen molar-refractivity contribution in [3.8, 4) is 5.75 Å². The Morgan fingerprint density at radius 2 is 1.72 bits per heavy atom. The van der Waals surface area contributed by atoms with Crippen molar-refractivity contribution in [3.05, 3.63) is 24.3 Å². The summed E-state index contributed by atoms with van der Waals surface area (Å²) in [6, 6.07) is 6.64. The Bertz CT molecular complexity index is 750. The molecule has 1 heterocycles. The van der Waals surface area contributed by atoms with Gasteiger partial charge in [-0.3, -0.25) is 4.79 Å². The molecule has 1 amide bonds. The summed E-state index contributed by atoms with van der Waals surface area (Å²) in [5, 5.41) is 3.11. The van der Waals surface area contributed by atoms with Gasteiger partial charge in [-0.15, -0.1) is 0 Å². The molecule has 0 bridgehead atoms. The number of ether oxygens (including phenoxy) is 1. The van der Waals surface area contributed by atoms with E-state index in [0.717, 1.165) is 6.42 Å². The number of amides is 1. The monoisotopic (exact) mass is 422 g/mol. The number of rotatable bonds is 8. The molecule has 0 aromatic heterocycles. The zero-order chi connectivity index (χ0) is 20.7. The number of benzene rings is 1. The van der Waals surface area contributed by atoms with E-state index in [1.807, 2.05) is 6.92 Å². The molecule has 1 saturated carbocycles. The normalized spacial score (nSPS) is 19.8. The van der Waals surface area contributed by atoms with Gasteiger partial charge in [-0.25, -0.2) is 8.42 Å². The van der Waals surface area contributed by atoms with Crippen molar-refractivity contribution >= 4 is 15.9 Å². The van der Waals surface area contributed by atoms with E-state index >= 15 is 0 Å². The minimum atomic E-state index is -3.51. The van der Waals surface area contributed by atoms with Crippen LogP contribution in [0.1, 0.15) is 64.7 Å². The fourth-order valence-corrected chi connectivity index (χ4v) is 5.84. The van der Waals surface area contributed by atoms with Crippen LogP contribution in [0.5, 0.6) is 5.75 Å². The lowest BCUT2D eigenvalue weighted by atomic mass is 9.86. The van der Waals surface area contributed by atoms with Gasteiger partial charge in [0.25, 0.3) is 0 Å². The Balaban J connectivity index is 1.44. The van der Waals surface area contributed by atoms with Crippen LogP contribution < -0.4 is 10.1 Å². The molecule has 3 rings (SSSR count). The maximum Gasteiger partial charge on any atom is 0.243 e. The minimum absolute atomic E-state index is 0.0700. The summed E-state index contributed by atoms with van der Waals surface area (Å²) in [7, 11) is -3.51. The van der Waals surface area contributed by atoms with Crippen LogP contribution in [-0.4, -0.2) is 44.4 Å². The Morgan fingerprint density at radius 3 is 2.34 bits per heavy atom. The maximum absolute atomic E-state index is 12.9. The Kier molecular flexibility index (Phi) is 7.95. The molecule has 0 atom stereocenters. The van der Waals surface area contributed by atoms with Crippen LogP contribution in [-0.2, 0) is 14.8 Å². The van der Waals surface area contributed by atoms with Gasteiger partial charge in [0.15, 0.2) is 0 Å². The van der Waals surface area contributed by atoms with Crippen LogP contribution in [0.4, 0.5) is 0 Å². The standard InChI is InChI=1S/C22H34N2O4S/c1-2-28-20-9-11-21(12-10-20)29(26,27)24-16-14-19(15-17-24)23-22(25)13-8-18-6-4-3-5-7-18/h9-12,18-19H,2-8,13-17H2,1H3,(H,23,25). The zero-order valence-corrected chi connectivity index (χ0v) is 18.3. The summed E-state index contributed by atoms with van der Waals surface area (Å²) < 4.78 is 32.6. The zero-order valence-electron chi connectivity index (χ0n) is 17.4. The number of nitrogens with zero attached hydrogens (tertiary/aromatic N) is 1. The van der Waals surface area contributed by atoms with E-state index in [0.29, 0.717) is 50.6 Å². The summed E-state index contributed by atoms with van der Waals surface area (Å²) >= 11 is 0. The molecule has 1 aliphatic carbocycles. The molecule has 2 fully saturated rings. The molecule has 2 aliphatic rings. The van der Waals surface area contributed by atoms with Gasteiger partial charge in [0.2, 0.25) is 15.9 Å². The second-order valence-corrected chi connectivity index (χ2v) is 10.1. The summed E-state index contributed by atoms with van der Waals surface area (Å²) in [6.45, 7) is 3.31. The summed E-state index contributed by atoms with van der Waals surface area (Å²) in [6.07, 6.45) is 9.34. The number of carbonyl (C=O) groups is 1. The SMILES string of the molecule is CCOc1ccc(S(=O)(=O)N2CCC(NC(=O)CCC3CCCCC3)CC2)cc1. The van der Waals surface area contributed by atoms with Gasteiger partial charge in [-0.05, 0) is 56.4 Å². The number of sulfonamides is 1. The third-order valence-corrected chi connectivity index (χ3v) is 8.01. The van der Waals surface area contributed by atoms with Crippen molar-refractivity contribution in [2.45, 2.75) is 75.6 Å². The lowest BCUT2D eigenvalue weighted by Crippen LogP contribution is -2.46. The number of hydrogen-bond donors (Lipinski definition) is 1. The van der Waals surface area contributed by atoms with Gasteiger partial charge in [0, 0.05) is 25.6 Å². The van der Waals surface area contributed by atoms with Crippen molar-refractivity contribution in [2.75, 3.05) is 19.7 Å². The Labute approximate surface area is 175 Å². The summed E-state index contributed by atoms with van der Waals surface area (Å²) in [5.74, 6) is 1.49. The second-order valence-electron chi connectivity index (χ2n) is 8.19. The van der Waals surface area contributed by atoms with Gasteiger partial charge in [0.05, 0.1) is 11.5 Å². The average Bonchev–Trinajstić information content (AvgIpc) is 2.74. The lowest BCUT2D eigenvalue weighted by Gasteiger charge is -2.31. The maximum atomic E-state index is 12.9. The van der Waals surface area contributed by atoms with Gasteiger partial charge in [0.1, 0.15) is 5.75 Å². The van der Waals surface area contributed by atoms with Crippen molar-refractivity contribution in [1.82, 2.24) is 9.62 Å². The average molecular weight is 423 g/mol. The fraction of sp³-hybridized carbons (Fsp3) is 0.682. The minimum Gasteiger partial charge on any atom is -0.494 e. The Hall–Kier alpha value is -1.60. The molecular formula is C22H34N2O4S. The highest BCUT2D eigenvalue weighted by molar-refractivity contribution is 7.89. The number of piperidine rings is 1. The molecule has 1 aliphatic heterocycles. The lowest BCUT2D eigenvalue weighted by molar-refractivity contribution is -0.122. The van der Waals surface area contributed by atoms with E-state index in [9.17, 15) is 13.2 Å². The first kappa shape index (κ1) is 22.1. The van der Waals surface area contributed by atoms with Crippen molar-refractivity contribution < 1.29 is 17.9 Å². The molecule has 1 aromatic carbocycles. The third-order valence-electron chi connectivity index (χ3n) is 6.10. The third kappa shape index (κ3) is 6.19. The first-order valence-electron chi connectivity index (χ1n) is 11.0. The summed E-state index contributed by atoms with van der Waals surface area (Å²) in [5.41, 5.74) is 0. The van der Waals surface area contributed by atoms with E-state index in [1.165, 1.54) is 36.4 Å². The van der Waals surface area contributed by atoms with Crippen LogP contribution in [0, 0.1) is 5.92 Å². The van der Waals surface area contributed by atoms with Crippen LogP contribution in [0.3, 0.4) is 0 Å². The van der Waals surface area contributed by atoms with Crippen LogP contribution in [0.25, 0.3) is 0 Å². The highest BCUT2D eigenvalue weighted by Crippen LogP contribution is 2.27. The predicted molar refractivity (Wildman–Crippen MR) is 113 cm³/mol. The topological polar surface area (TPSA) is 75.7 Å². The molecular weight excluding hydrogens is 388 g/mol. The molecule has 1 saturated heterocycles. The smallest absolute Gasteiger partial charge is 0.243 e. The van der Waals surface area contributed by atoms with Gasteiger partial charge >= 0.3 is 0 Å². The molecule has 6 nitrogen and oxygen atoms in total. The molecule has 1 aromatic rings. The molecule has 1 N–H and O–H groups in total. The van der Waals surface area contributed by atoms with Gasteiger partial charge in [-0.1, -0.05) is 32.1 Å². The quantitative estimate of drug-likeness (QED) is 0.693. The first-order chi connectivity index (χ1) is 14.0. The highest BCUT2D eigenvalue weighted by atomic mass is 32.2. The number of hydrogen-bond acceptors (Lipinski definition) is 4. The fourth-order valence-electron chi connectivity index (χ4n) is 4.37. The largest absolute Gasteiger partial charge is 0.494 e. The molecule has 29 heavy (non-hydrogen) atoms. The molecule has 0 unspecified atom stereocenters. The van der Waals surface area contributed by atoms with Gasteiger partial charge < -0.3 is 10.1 Å². The van der Waals surface area contributed by atoms with Crippen LogP contribution >= 0.6 is 0 Å². The van der Waals surface area contributed by atoms with Gasteiger partial charge in [-0.2, -0.15) is 4.31 Å². The van der Waals surface area contributed by atoms with E-state index in [1.54, 1.807) is 24.3 Å². The van der Waals surface area contributed by atoms with E-state index in [4.69, 9.17) is 4.74 Å².